The second-order valence-electron chi connectivity index (χ2n) is 7.80. The number of nitrogens with one attached hydrogen (secondary N) is 1. The van der Waals surface area contributed by atoms with Crippen molar-refractivity contribution in [1.29, 1.82) is 0 Å². The predicted octanol–water partition coefficient (Wildman–Crippen LogP) is 3.47. The van der Waals surface area contributed by atoms with Gasteiger partial charge in [0.1, 0.15) is 5.76 Å². The molecule has 10 nitrogen and oxygen atoms in total. The molecular formula is C24H28N4O6. The molecule has 0 fully saturated rings. The molecule has 0 radical (unpaired) electrons. The summed E-state index contributed by atoms with van der Waals surface area (Å²) in [7, 11) is 1.37. The first-order valence-electron chi connectivity index (χ1n) is 10.9. The Labute approximate surface area is 197 Å². The van der Waals surface area contributed by atoms with Crippen LogP contribution in [0.3, 0.4) is 0 Å². The zero-order valence-corrected chi connectivity index (χ0v) is 19.9. The van der Waals surface area contributed by atoms with E-state index in [1.807, 2.05) is 13.8 Å². The van der Waals surface area contributed by atoms with Gasteiger partial charge < -0.3 is 19.3 Å². The van der Waals surface area contributed by atoms with E-state index in [4.69, 9.17) is 14.0 Å². The van der Waals surface area contributed by atoms with Gasteiger partial charge in [-0.2, -0.15) is 5.10 Å². The van der Waals surface area contributed by atoms with Crippen LogP contribution in [0, 0.1) is 20.8 Å². The number of methoxy groups -OCH3 is 1. The number of rotatable bonds is 9. The van der Waals surface area contributed by atoms with Gasteiger partial charge in [0.2, 0.25) is 0 Å². The minimum absolute atomic E-state index is 0.261. The molecule has 3 aromatic rings. The number of carbonyl (C=O) groups is 3. The smallest absolute Gasteiger partial charge is 0.338 e. The summed E-state index contributed by atoms with van der Waals surface area (Å²) in [5.74, 6) is -0.555. The van der Waals surface area contributed by atoms with Crippen LogP contribution in [-0.2, 0) is 25.5 Å². The number of nitrogens with zero attached hydrogens (tertiary/aromatic N) is 3. The van der Waals surface area contributed by atoms with Crippen molar-refractivity contribution in [2.24, 2.45) is 0 Å². The number of aryl methyl sites for hydroxylation is 2. The average Bonchev–Trinajstić information content (AvgIpc) is 3.36. The van der Waals surface area contributed by atoms with E-state index in [9.17, 15) is 14.4 Å². The van der Waals surface area contributed by atoms with Gasteiger partial charge in [-0.25, -0.2) is 9.48 Å². The number of carbonyl (C=O) groups excluding carboxylic acids is 3. The quantitative estimate of drug-likeness (QED) is 0.473. The number of esters is 2. The minimum atomic E-state index is -0.974. The van der Waals surface area contributed by atoms with Gasteiger partial charge in [0.15, 0.2) is 11.9 Å². The number of hydrogen-bond donors (Lipinski definition) is 1. The van der Waals surface area contributed by atoms with Crippen LogP contribution in [-0.4, -0.2) is 46.0 Å². The van der Waals surface area contributed by atoms with Gasteiger partial charge in [0.25, 0.3) is 5.91 Å². The summed E-state index contributed by atoms with van der Waals surface area (Å²) in [5, 5.41) is 10.9. The summed E-state index contributed by atoms with van der Waals surface area (Å²) in [5.41, 5.74) is 3.77. The van der Waals surface area contributed by atoms with Crippen LogP contribution >= 0.6 is 0 Å². The van der Waals surface area contributed by atoms with Crippen molar-refractivity contribution < 1.29 is 28.4 Å². The van der Waals surface area contributed by atoms with Gasteiger partial charge >= 0.3 is 11.9 Å². The lowest BCUT2D eigenvalue weighted by atomic mass is 10.1. The number of anilines is 1. The van der Waals surface area contributed by atoms with Crippen molar-refractivity contribution in [1.82, 2.24) is 14.9 Å². The van der Waals surface area contributed by atoms with E-state index in [-0.39, 0.29) is 18.2 Å². The summed E-state index contributed by atoms with van der Waals surface area (Å²) < 4.78 is 16.8. The highest BCUT2D eigenvalue weighted by Crippen LogP contribution is 2.20. The number of aromatic nitrogens is 3. The fourth-order valence-electron chi connectivity index (χ4n) is 3.51. The van der Waals surface area contributed by atoms with Crippen LogP contribution in [0.1, 0.15) is 52.8 Å². The number of benzene rings is 1. The molecule has 2 heterocycles. The van der Waals surface area contributed by atoms with Gasteiger partial charge in [0, 0.05) is 18.2 Å². The second kappa shape index (κ2) is 10.8. The SMILES string of the molecule is CCC(OC(=O)c1ccc(-n2nc(C)c(CCC(=O)OC)c2C)cc1)C(=O)Nc1cc(C)on1. The maximum Gasteiger partial charge on any atom is 0.338 e. The Morgan fingerprint density at radius 3 is 2.44 bits per heavy atom. The zero-order chi connectivity index (χ0) is 24.8. The first kappa shape index (κ1) is 24.7. The van der Waals surface area contributed by atoms with Gasteiger partial charge in [-0.3, -0.25) is 9.59 Å². The van der Waals surface area contributed by atoms with Crippen molar-refractivity contribution in [3.8, 4) is 5.69 Å². The van der Waals surface area contributed by atoms with Crippen molar-refractivity contribution in [2.45, 2.75) is 53.1 Å². The molecule has 1 unspecified atom stereocenters. The molecule has 180 valence electrons. The Hall–Kier alpha value is -3.95. The molecule has 10 heteroatoms. The van der Waals surface area contributed by atoms with Gasteiger partial charge in [0.05, 0.1) is 24.1 Å². The van der Waals surface area contributed by atoms with Crippen LogP contribution in [0.15, 0.2) is 34.9 Å². The first-order chi connectivity index (χ1) is 16.2. The summed E-state index contributed by atoms with van der Waals surface area (Å²) in [6.45, 7) is 7.27. The van der Waals surface area contributed by atoms with Gasteiger partial charge in [-0.05, 0) is 63.4 Å². The lowest BCUT2D eigenvalue weighted by Gasteiger charge is -2.15. The first-order valence-corrected chi connectivity index (χ1v) is 10.9. The fourth-order valence-corrected chi connectivity index (χ4v) is 3.51. The molecule has 0 saturated heterocycles. The second-order valence-corrected chi connectivity index (χ2v) is 7.80. The number of hydrogen-bond acceptors (Lipinski definition) is 8. The van der Waals surface area contributed by atoms with E-state index in [0.29, 0.717) is 24.2 Å². The molecule has 34 heavy (non-hydrogen) atoms. The van der Waals surface area contributed by atoms with Crippen molar-refractivity contribution in [3.63, 3.8) is 0 Å². The van der Waals surface area contributed by atoms with Crippen molar-refractivity contribution in [3.05, 3.63) is 58.6 Å². The molecule has 3 rings (SSSR count). The average molecular weight is 469 g/mol. The molecule has 1 atom stereocenters. The van der Waals surface area contributed by atoms with E-state index >= 15 is 0 Å². The molecule has 0 spiro atoms. The van der Waals surface area contributed by atoms with Crippen molar-refractivity contribution in [2.75, 3.05) is 12.4 Å². The maximum absolute atomic E-state index is 12.6. The third kappa shape index (κ3) is 5.69. The standard InChI is InChI=1S/C24H28N4O6/c1-6-20(23(30)25-21-13-14(2)34-27-21)33-24(31)17-7-9-18(10-8-17)28-16(4)19(15(3)26-28)11-12-22(29)32-5/h7-10,13,20H,6,11-12H2,1-5H3,(H,25,27,30). The monoisotopic (exact) mass is 468 g/mol. The van der Waals surface area contributed by atoms with Crippen LogP contribution in [0.4, 0.5) is 5.82 Å². The highest BCUT2D eigenvalue weighted by Gasteiger charge is 2.23. The summed E-state index contributed by atoms with van der Waals surface area (Å²) in [6.07, 6.45) is 0.130. The summed E-state index contributed by atoms with van der Waals surface area (Å²) >= 11 is 0. The molecule has 0 bridgehead atoms. The third-order valence-electron chi connectivity index (χ3n) is 5.39. The van der Waals surface area contributed by atoms with E-state index < -0.39 is 18.0 Å². The predicted molar refractivity (Wildman–Crippen MR) is 123 cm³/mol. The molecule has 0 aliphatic rings. The summed E-state index contributed by atoms with van der Waals surface area (Å²) in [4.78, 5) is 36.6. The number of amides is 1. The Morgan fingerprint density at radius 2 is 1.85 bits per heavy atom. The van der Waals surface area contributed by atoms with Crippen LogP contribution in [0.5, 0.6) is 0 Å². The van der Waals surface area contributed by atoms with Crippen LogP contribution < -0.4 is 5.32 Å². The molecule has 1 amide bonds. The molecule has 0 saturated carbocycles. The third-order valence-corrected chi connectivity index (χ3v) is 5.39. The molecule has 0 aliphatic heterocycles. The van der Waals surface area contributed by atoms with Crippen LogP contribution in [0.2, 0.25) is 0 Å². The zero-order valence-electron chi connectivity index (χ0n) is 19.9. The largest absolute Gasteiger partial charge is 0.469 e. The Balaban J connectivity index is 1.68. The lowest BCUT2D eigenvalue weighted by molar-refractivity contribution is -0.140. The Kier molecular flexibility index (Phi) is 7.83. The number of ether oxygens (including phenoxy) is 2. The van der Waals surface area contributed by atoms with Crippen LogP contribution in [0.25, 0.3) is 5.69 Å². The maximum atomic E-state index is 12.6. The minimum Gasteiger partial charge on any atom is -0.469 e. The molecule has 0 aliphatic carbocycles. The fraction of sp³-hybridized carbons (Fsp3) is 0.375. The summed E-state index contributed by atoms with van der Waals surface area (Å²) in [6, 6.07) is 8.31. The van der Waals surface area contributed by atoms with E-state index in [1.54, 1.807) is 48.9 Å². The van der Waals surface area contributed by atoms with E-state index in [2.05, 4.69) is 15.6 Å². The molecule has 1 N–H and O–H groups in total. The molecule has 2 aromatic heterocycles. The lowest BCUT2D eigenvalue weighted by Crippen LogP contribution is -2.32. The Morgan fingerprint density at radius 1 is 1.15 bits per heavy atom. The van der Waals surface area contributed by atoms with Gasteiger partial charge in [-0.15, -0.1) is 0 Å². The topological polar surface area (TPSA) is 126 Å². The Bertz CT molecular complexity index is 1180. The molecule has 1 aromatic carbocycles. The van der Waals surface area contributed by atoms with Crippen molar-refractivity contribution >= 4 is 23.7 Å². The van der Waals surface area contributed by atoms with Gasteiger partial charge in [-0.1, -0.05) is 12.1 Å². The highest BCUT2D eigenvalue weighted by molar-refractivity contribution is 5.97. The van der Waals surface area contributed by atoms with E-state index in [1.165, 1.54) is 7.11 Å². The normalized spacial score (nSPS) is 11.7. The molecular weight excluding hydrogens is 440 g/mol. The van der Waals surface area contributed by atoms with E-state index in [0.717, 1.165) is 22.6 Å². The highest BCUT2D eigenvalue weighted by atomic mass is 16.5.